The van der Waals surface area contributed by atoms with Gasteiger partial charge in [0.2, 0.25) is 0 Å². The third kappa shape index (κ3) is 3.05. The molecule has 0 aliphatic heterocycles. The van der Waals surface area contributed by atoms with Crippen molar-refractivity contribution < 1.29 is 4.79 Å². The van der Waals surface area contributed by atoms with Crippen molar-refractivity contribution in [1.29, 1.82) is 0 Å². The number of hydrogen-bond acceptors (Lipinski definition) is 3. The Kier molecular flexibility index (Phi) is 3.76. The lowest BCUT2D eigenvalue weighted by Gasteiger charge is -2.13. The predicted octanol–water partition coefficient (Wildman–Crippen LogP) is 3.29. The van der Waals surface area contributed by atoms with E-state index < -0.39 is 0 Å². The third-order valence-electron chi connectivity index (χ3n) is 2.38. The first-order valence-corrected chi connectivity index (χ1v) is 6.43. The Morgan fingerprint density at radius 1 is 1.41 bits per heavy atom. The molecule has 0 aliphatic rings. The lowest BCUT2D eigenvalue weighted by molar-refractivity contribution is 0.0935. The average molecular weight is 267 g/mol. The van der Waals surface area contributed by atoms with Gasteiger partial charge in [0.15, 0.2) is 0 Å². The van der Waals surface area contributed by atoms with Crippen LogP contribution in [0.4, 0.5) is 0 Å². The Hall–Kier alpha value is -1.39. The van der Waals surface area contributed by atoms with Gasteiger partial charge in [-0.1, -0.05) is 23.7 Å². The molecular weight excluding hydrogens is 256 g/mol. The minimum absolute atomic E-state index is 0.0681. The highest BCUT2D eigenvalue weighted by Gasteiger charge is 2.12. The summed E-state index contributed by atoms with van der Waals surface area (Å²) < 4.78 is 0. The van der Waals surface area contributed by atoms with Crippen molar-refractivity contribution in [3.63, 3.8) is 0 Å². The first kappa shape index (κ1) is 12.1. The summed E-state index contributed by atoms with van der Waals surface area (Å²) in [5.41, 5.74) is 3.11. The lowest BCUT2D eigenvalue weighted by atomic mass is 10.1. The van der Waals surface area contributed by atoms with Gasteiger partial charge in [-0.2, -0.15) is 0 Å². The van der Waals surface area contributed by atoms with Crippen molar-refractivity contribution in [2.45, 2.75) is 13.0 Å². The highest BCUT2D eigenvalue weighted by Crippen LogP contribution is 2.16. The van der Waals surface area contributed by atoms with E-state index in [1.165, 1.54) is 11.3 Å². The van der Waals surface area contributed by atoms with Gasteiger partial charge < -0.3 is 5.32 Å². The van der Waals surface area contributed by atoms with E-state index in [4.69, 9.17) is 11.6 Å². The number of rotatable bonds is 3. The van der Waals surface area contributed by atoms with Crippen molar-refractivity contribution in [2.75, 3.05) is 0 Å². The van der Waals surface area contributed by atoms with Crippen LogP contribution in [0.2, 0.25) is 5.02 Å². The van der Waals surface area contributed by atoms with Crippen LogP contribution in [0, 0.1) is 0 Å². The highest BCUT2D eigenvalue weighted by atomic mass is 35.5. The van der Waals surface area contributed by atoms with E-state index in [0.717, 1.165) is 5.56 Å². The number of carbonyl (C=O) groups is 1. The van der Waals surface area contributed by atoms with Crippen LogP contribution in [0.3, 0.4) is 0 Å². The molecular formula is C12H11ClN2OS. The highest BCUT2D eigenvalue weighted by molar-refractivity contribution is 7.07. The Labute approximate surface area is 108 Å². The van der Waals surface area contributed by atoms with Crippen molar-refractivity contribution in [1.82, 2.24) is 10.3 Å². The quantitative estimate of drug-likeness (QED) is 0.926. The fourth-order valence-corrected chi connectivity index (χ4v) is 2.09. The molecule has 2 rings (SSSR count). The molecule has 1 aromatic carbocycles. The third-order valence-corrected chi connectivity index (χ3v) is 3.22. The van der Waals surface area contributed by atoms with Gasteiger partial charge in [0.1, 0.15) is 5.69 Å². The number of halogens is 1. The molecule has 88 valence electrons. The maximum Gasteiger partial charge on any atom is 0.271 e. The molecule has 2 aromatic rings. The summed E-state index contributed by atoms with van der Waals surface area (Å²) in [6, 6.07) is 7.34. The van der Waals surface area contributed by atoms with Crippen LogP contribution >= 0.6 is 22.9 Å². The summed E-state index contributed by atoms with van der Waals surface area (Å²) in [5.74, 6) is -0.159. The van der Waals surface area contributed by atoms with Gasteiger partial charge in [-0.3, -0.25) is 4.79 Å². The van der Waals surface area contributed by atoms with Gasteiger partial charge in [0, 0.05) is 10.4 Å². The molecule has 1 atom stereocenters. The van der Waals surface area contributed by atoms with Crippen molar-refractivity contribution in [3.8, 4) is 0 Å². The van der Waals surface area contributed by atoms with Crippen molar-refractivity contribution in [2.24, 2.45) is 0 Å². The molecule has 0 saturated carbocycles. The summed E-state index contributed by atoms with van der Waals surface area (Å²) in [5, 5.41) is 5.29. The zero-order valence-corrected chi connectivity index (χ0v) is 10.8. The monoisotopic (exact) mass is 266 g/mol. The average Bonchev–Trinajstić information content (AvgIpc) is 2.83. The molecule has 0 radical (unpaired) electrons. The summed E-state index contributed by atoms with van der Waals surface area (Å²) in [6.07, 6.45) is 0. The molecule has 1 unspecified atom stereocenters. The van der Waals surface area contributed by atoms with Gasteiger partial charge in [-0.05, 0) is 24.6 Å². The zero-order chi connectivity index (χ0) is 12.3. The molecule has 1 amide bonds. The number of nitrogens with one attached hydrogen (secondary N) is 1. The number of hydrogen-bond donors (Lipinski definition) is 1. The Bertz CT molecular complexity index is 496. The second-order valence-electron chi connectivity index (χ2n) is 3.62. The van der Waals surface area contributed by atoms with Gasteiger partial charge >= 0.3 is 0 Å². The van der Waals surface area contributed by atoms with Gasteiger partial charge in [-0.15, -0.1) is 11.3 Å². The maximum absolute atomic E-state index is 11.8. The predicted molar refractivity (Wildman–Crippen MR) is 69.4 cm³/mol. The maximum atomic E-state index is 11.8. The molecule has 1 aromatic heterocycles. The molecule has 0 spiro atoms. The van der Waals surface area contributed by atoms with Crippen LogP contribution in [0.5, 0.6) is 0 Å². The first-order chi connectivity index (χ1) is 8.16. The van der Waals surface area contributed by atoms with Crippen LogP contribution in [0.15, 0.2) is 35.2 Å². The van der Waals surface area contributed by atoms with E-state index in [2.05, 4.69) is 10.3 Å². The minimum Gasteiger partial charge on any atom is -0.344 e. The molecule has 1 N–H and O–H groups in total. The van der Waals surface area contributed by atoms with Crippen LogP contribution in [0.1, 0.15) is 29.0 Å². The van der Waals surface area contributed by atoms with Gasteiger partial charge in [-0.25, -0.2) is 4.98 Å². The number of thiazole rings is 1. The summed E-state index contributed by atoms with van der Waals surface area (Å²) in [7, 11) is 0. The molecule has 5 heteroatoms. The van der Waals surface area contributed by atoms with Crippen LogP contribution in [-0.4, -0.2) is 10.9 Å². The van der Waals surface area contributed by atoms with E-state index in [0.29, 0.717) is 10.7 Å². The fraction of sp³-hybridized carbons (Fsp3) is 0.167. The molecule has 1 heterocycles. The van der Waals surface area contributed by atoms with E-state index in [9.17, 15) is 4.79 Å². The summed E-state index contributed by atoms with van der Waals surface area (Å²) in [4.78, 5) is 15.7. The number of benzene rings is 1. The van der Waals surface area contributed by atoms with E-state index in [-0.39, 0.29) is 11.9 Å². The minimum atomic E-state index is -0.159. The number of nitrogens with zero attached hydrogens (tertiary/aromatic N) is 1. The summed E-state index contributed by atoms with van der Waals surface area (Å²) >= 11 is 7.21. The standard InChI is InChI=1S/C12H11ClN2OS/c1-8(9-2-4-10(13)5-3-9)15-12(16)11-6-17-7-14-11/h2-8H,1H3,(H,15,16). The molecule has 0 fully saturated rings. The fourth-order valence-electron chi connectivity index (χ4n) is 1.43. The van der Waals surface area contributed by atoms with Crippen LogP contribution < -0.4 is 5.32 Å². The van der Waals surface area contributed by atoms with E-state index in [1.807, 2.05) is 31.2 Å². The SMILES string of the molecule is CC(NC(=O)c1cscn1)c1ccc(Cl)cc1. The molecule has 3 nitrogen and oxygen atoms in total. The second-order valence-corrected chi connectivity index (χ2v) is 4.78. The van der Waals surface area contributed by atoms with Gasteiger partial charge in [0.05, 0.1) is 11.6 Å². The van der Waals surface area contributed by atoms with Crippen LogP contribution in [-0.2, 0) is 0 Å². The van der Waals surface area contributed by atoms with Crippen molar-refractivity contribution >= 4 is 28.8 Å². The molecule has 0 saturated heterocycles. The second kappa shape index (κ2) is 5.29. The molecule has 0 bridgehead atoms. The molecule has 17 heavy (non-hydrogen) atoms. The number of carbonyl (C=O) groups excluding carboxylic acids is 1. The smallest absolute Gasteiger partial charge is 0.271 e. The first-order valence-electron chi connectivity index (χ1n) is 5.11. The Morgan fingerprint density at radius 2 is 2.12 bits per heavy atom. The normalized spacial score (nSPS) is 12.1. The summed E-state index contributed by atoms with van der Waals surface area (Å²) in [6.45, 7) is 1.92. The van der Waals surface area contributed by atoms with E-state index >= 15 is 0 Å². The zero-order valence-electron chi connectivity index (χ0n) is 9.18. The van der Waals surface area contributed by atoms with E-state index in [1.54, 1.807) is 10.9 Å². The number of aromatic nitrogens is 1. The number of amides is 1. The van der Waals surface area contributed by atoms with Gasteiger partial charge in [0.25, 0.3) is 5.91 Å². The Morgan fingerprint density at radius 3 is 2.71 bits per heavy atom. The largest absolute Gasteiger partial charge is 0.344 e. The van der Waals surface area contributed by atoms with Crippen LogP contribution in [0.25, 0.3) is 0 Å². The Balaban J connectivity index is 2.04. The van der Waals surface area contributed by atoms with Crippen molar-refractivity contribution in [3.05, 3.63) is 51.4 Å². The topological polar surface area (TPSA) is 42.0 Å². The lowest BCUT2D eigenvalue weighted by Crippen LogP contribution is -2.26. The molecule has 0 aliphatic carbocycles.